The summed E-state index contributed by atoms with van der Waals surface area (Å²) in [6.45, 7) is 3.68. The molecule has 0 radical (unpaired) electrons. The van der Waals surface area contributed by atoms with Crippen molar-refractivity contribution in [3.05, 3.63) is 76.8 Å². The van der Waals surface area contributed by atoms with Crippen molar-refractivity contribution < 1.29 is 13.9 Å². The smallest absolute Gasteiger partial charge is 0.271 e. The Kier molecular flexibility index (Phi) is 6.49. The number of hydrogen-bond acceptors (Lipinski definition) is 5. The van der Waals surface area contributed by atoms with Gasteiger partial charge in [0.1, 0.15) is 17.4 Å². The maximum Gasteiger partial charge on any atom is 0.271 e. The van der Waals surface area contributed by atoms with Crippen LogP contribution < -0.4 is 20.5 Å². The maximum absolute atomic E-state index is 13.6. The Labute approximate surface area is 185 Å². The van der Waals surface area contributed by atoms with E-state index in [-0.39, 0.29) is 17.4 Å². The van der Waals surface area contributed by atoms with Crippen LogP contribution >= 0.6 is 0 Å². The molecule has 32 heavy (non-hydrogen) atoms. The molecule has 7 nitrogen and oxygen atoms in total. The molecule has 1 aromatic heterocycles. The summed E-state index contributed by atoms with van der Waals surface area (Å²) in [7, 11) is 0. The van der Waals surface area contributed by atoms with E-state index >= 15 is 0 Å². The van der Waals surface area contributed by atoms with E-state index in [2.05, 4.69) is 10.4 Å². The molecule has 0 saturated carbocycles. The first-order chi connectivity index (χ1) is 15.5. The van der Waals surface area contributed by atoms with Crippen molar-refractivity contribution in [2.24, 2.45) is 5.92 Å². The molecule has 4 rings (SSSR count). The molecule has 8 heteroatoms. The molecule has 3 aromatic rings. The number of halogens is 1. The summed E-state index contributed by atoms with van der Waals surface area (Å²) in [4.78, 5) is 27.1. The highest BCUT2D eigenvalue weighted by molar-refractivity contribution is 5.94. The minimum absolute atomic E-state index is 0.0329. The highest BCUT2D eigenvalue weighted by Crippen LogP contribution is 2.27. The highest BCUT2D eigenvalue weighted by atomic mass is 19.1. The van der Waals surface area contributed by atoms with Crippen LogP contribution in [0.2, 0.25) is 0 Å². The molecule has 2 aromatic carbocycles. The van der Waals surface area contributed by atoms with Gasteiger partial charge in [-0.3, -0.25) is 9.59 Å². The second kappa shape index (κ2) is 9.64. The van der Waals surface area contributed by atoms with Crippen LogP contribution in [0.3, 0.4) is 0 Å². The van der Waals surface area contributed by atoms with Crippen LogP contribution in [-0.4, -0.2) is 35.4 Å². The SMILES string of the molecule is CCOc1ccccc1NC(=O)C1CCN(c2ccc(=O)n(-c3cccc(F)c3)n2)CC1. The van der Waals surface area contributed by atoms with E-state index in [0.29, 0.717) is 55.5 Å². The van der Waals surface area contributed by atoms with Crippen LogP contribution in [0.15, 0.2) is 65.5 Å². The van der Waals surface area contributed by atoms with E-state index in [0.717, 1.165) is 0 Å². The Morgan fingerprint density at radius 2 is 1.91 bits per heavy atom. The van der Waals surface area contributed by atoms with Crippen LogP contribution in [0.5, 0.6) is 5.75 Å². The topological polar surface area (TPSA) is 76.5 Å². The van der Waals surface area contributed by atoms with E-state index in [1.807, 2.05) is 36.1 Å². The quantitative estimate of drug-likeness (QED) is 0.639. The molecular formula is C24H25FN4O3. The van der Waals surface area contributed by atoms with Gasteiger partial charge in [-0.15, -0.1) is 5.10 Å². The molecule has 0 aliphatic carbocycles. The third kappa shape index (κ3) is 4.80. The van der Waals surface area contributed by atoms with Gasteiger partial charge in [0.2, 0.25) is 5.91 Å². The number of amides is 1. The molecule has 1 fully saturated rings. The molecule has 2 heterocycles. The number of ether oxygens (including phenoxy) is 1. The number of carbonyl (C=O) groups is 1. The fourth-order valence-corrected chi connectivity index (χ4v) is 3.82. The van der Waals surface area contributed by atoms with Crippen molar-refractivity contribution in [2.75, 3.05) is 29.9 Å². The van der Waals surface area contributed by atoms with Crippen molar-refractivity contribution in [3.63, 3.8) is 0 Å². The fraction of sp³-hybridized carbons (Fsp3) is 0.292. The van der Waals surface area contributed by atoms with Gasteiger partial charge < -0.3 is 15.0 Å². The number of hydrogen-bond donors (Lipinski definition) is 1. The Hall–Kier alpha value is -3.68. The van der Waals surface area contributed by atoms with Crippen molar-refractivity contribution in [2.45, 2.75) is 19.8 Å². The van der Waals surface area contributed by atoms with E-state index in [4.69, 9.17) is 4.74 Å². The molecule has 0 spiro atoms. The molecule has 0 unspecified atom stereocenters. The highest BCUT2D eigenvalue weighted by Gasteiger charge is 2.26. The van der Waals surface area contributed by atoms with Gasteiger partial charge in [-0.1, -0.05) is 18.2 Å². The van der Waals surface area contributed by atoms with Gasteiger partial charge in [-0.05, 0) is 56.2 Å². The normalized spacial score (nSPS) is 14.2. The largest absolute Gasteiger partial charge is 0.492 e. The maximum atomic E-state index is 13.6. The standard InChI is InChI=1S/C24H25FN4O3/c1-2-32-21-9-4-3-8-20(21)26-24(31)17-12-14-28(15-13-17)22-10-11-23(30)29(27-22)19-7-5-6-18(25)16-19/h3-11,16-17H,2,12-15H2,1H3,(H,26,31). The molecule has 1 amide bonds. The second-order valence-electron chi connectivity index (χ2n) is 7.60. The van der Waals surface area contributed by atoms with Crippen LogP contribution in [0.4, 0.5) is 15.9 Å². The number of rotatable bonds is 6. The Balaban J connectivity index is 1.42. The van der Waals surface area contributed by atoms with Crippen LogP contribution in [0.1, 0.15) is 19.8 Å². The molecular weight excluding hydrogens is 411 g/mol. The molecule has 166 valence electrons. The van der Waals surface area contributed by atoms with E-state index in [1.165, 1.54) is 22.9 Å². The number of carbonyl (C=O) groups excluding carboxylic acids is 1. The number of piperidine rings is 1. The zero-order chi connectivity index (χ0) is 22.5. The Morgan fingerprint density at radius 3 is 2.66 bits per heavy atom. The second-order valence-corrected chi connectivity index (χ2v) is 7.60. The summed E-state index contributed by atoms with van der Waals surface area (Å²) < 4.78 is 20.4. The Morgan fingerprint density at radius 1 is 1.12 bits per heavy atom. The minimum Gasteiger partial charge on any atom is -0.492 e. The molecule has 1 aliphatic rings. The molecule has 0 atom stereocenters. The van der Waals surface area contributed by atoms with Crippen LogP contribution in [-0.2, 0) is 4.79 Å². The zero-order valence-electron chi connectivity index (χ0n) is 17.8. The first kappa shape index (κ1) is 21.5. The predicted octanol–water partition coefficient (Wildman–Crippen LogP) is 3.63. The number of anilines is 2. The number of nitrogens with one attached hydrogen (secondary N) is 1. The summed E-state index contributed by atoms with van der Waals surface area (Å²) in [6, 6.07) is 16.3. The van der Waals surface area contributed by atoms with Crippen molar-refractivity contribution in [3.8, 4) is 11.4 Å². The van der Waals surface area contributed by atoms with Crippen LogP contribution in [0.25, 0.3) is 5.69 Å². The number of para-hydroxylation sites is 2. The van der Waals surface area contributed by atoms with Gasteiger partial charge in [0.15, 0.2) is 0 Å². The summed E-state index contributed by atoms with van der Waals surface area (Å²) in [5, 5.41) is 7.41. The number of aromatic nitrogens is 2. The molecule has 1 saturated heterocycles. The summed E-state index contributed by atoms with van der Waals surface area (Å²) >= 11 is 0. The average molecular weight is 436 g/mol. The van der Waals surface area contributed by atoms with Gasteiger partial charge in [-0.25, -0.2) is 4.39 Å². The summed E-state index contributed by atoms with van der Waals surface area (Å²) in [6.07, 6.45) is 1.31. The lowest BCUT2D eigenvalue weighted by molar-refractivity contribution is -0.120. The van der Waals surface area contributed by atoms with Gasteiger partial charge in [0, 0.05) is 25.1 Å². The third-order valence-electron chi connectivity index (χ3n) is 5.47. The lowest BCUT2D eigenvalue weighted by atomic mass is 9.95. The molecule has 0 bridgehead atoms. The number of nitrogens with zero attached hydrogens (tertiary/aromatic N) is 3. The Bertz CT molecular complexity index is 1160. The summed E-state index contributed by atoms with van der Waals surface area (Å²) in [5.74, 6) is 0.683. The lowest BCUT2D eigenvalue weighted by Gasteiger charge is -2.32. The van der Waals surface area contributed by atoms with Crippen molar-refractivity contribution >= 4 is 17.4 Å². The van der Waals surface area contributed by atoms with Gasteiger partial charge in [0.05, 0.1) is 18.0 Å². The predicted molar refractivity (Wildman–Crippen MR) is 121 cm³/mol. The zero-order valence-corrected chi connectivity index (χ0v) is 17.8. The summed E-state index contributed by atoms with van der Waals surface area (Å²) in [5.41, 5.74) is 0.714. The van der Waals surface area contributed by atoms with Gasteiger partial charge in [-0.2, -0.15) is 4.68 Å². The monoisotopic (exact) mass is 436 g/mol. The number of benzene rings is 2. The first-order valence-electron chi connectivity index (χ1n) is 10.7. The van der Waals surface area contributed by atoms with Gasteiger partial charge >= 0.3 is 0 Å². The van der Waals surface area contributed by atoms with E-state index in [1.54, 1.807) is 18.2 Å². The minimum atomic E-state index is -0.431. The lowest BCUT2D eigenvalue weighted by Crippen LogP contribution is -2.39. The van der Waals surface area contributed by atoms with Crippen molar-refractivity contribution in [1.82, 2.24) is 9.78 Å². The average Bonchev–Trinajstić information content (AvgIpc) is 2.81. The van der Waals surface area contributed by atoms with E-state index < -0.39 is 5.82 Å². The van der Waals surface area contributed by atoms with Crippen molar-refractivity contribution in [1.29, 1.82) is 0 Å². The van der Waals surface area contributed by atoms with Gasteiger partial charge in [0.25, 0.3) is 5.56 Å². The molecule has 1 aliphatic heterocycles. The first-order valence-corrected chi connectivity index (χ1v) is 10.7. The van der Waals surface area contributed by atoms with E-state index in [9.17, 15) is 14.0 Å². The fourth-order valence-electron chi connectivity index (χ4n) is 3.82. The molecule has 1 N–H and O–H groups in total. The third-order valence-corrected chi connectivity index (χ3v) is 5.47. The van der Waals surface area contributed by atoms with Crippen LogP contribution in [0, 0.1) is 11.7 Å².